The first-order valence-electron chi connectivity index (χ1n) is 4.57. The zero-order chi connectivity index (χ0) is 12.2. The average molecular weight is 253 g/mol. The van der Waals surface area contributed by atoms with Gasteiger partial charge in [0, 0.05) is 0 Å². The Bertz CT molecular complexity index is 378. The number of allylic oxidation sites excluding steroid dienone is 1. The fourth-order valence-corrected chi connectivity index (χ4v) is 1.36. The number of hydrogen-bond acceptors (Lipinski definition) is 0. The van der Waals surface area contributed by atoms with E-state index in [0.717, 1.165) is 18.2 Å². The molecule has 1 rings (SSSR count). The van der Waals surface area contributed by atoms with Crippen molar-refractivity contribution < 1.29 is 17.6 Å². The largest absolute Gasteiger partial charge is 0.416 e. The molecule has 0 saturated heterocycles. The van der Waals surface area contributed by atoms with Crippen molar-refractivity contribution in [3.63, 3.8) is 0 Å². The Balaban J connectivity index is 2.72. The smallest absolute Gasteiger partial charge is 0.194 e. The lowest BCUT2D eigenvalue weighted by atomic mass is 10.1. The van der Waals surface area contributed by atoms with Crippen molar-refractivity contribution in [2.24, 2.45) is 0 Å². The third-order valence-corrected chi connectivity index (χ3v) is 2.14. The first kappa shape index (κ1) is 13.0. The Morgan fingerprint density at radius 3 is 2.56 bits per heavy atom. The number of aryl methyl sites for hydroxylation is 1. The molecule has 1 aromatic carbocycles. The Kier molecular flexibility index (Phi) is 4.35. The van der Waals surface area contributed by atoms with Gasteiger partial charge >= 0.3 is 6.18 Å². The highest BCUT2D eigenvalue weighted by Gasteiger charge is 2.30. The SMILES string of the molecule is F/C(Cl)=C\CCc1cccc(C(F)(F)F)c1. The summed E-state index contributed by atoms with van der Waals surface area (Å²) in [7, 11) is 0. The molecule has 0 radical (unpaired) electrons. The molecule has 0 aliphatic rings. The monoisotopic (exact) mass is 252 g/mol. The lowest BCUT2D eigenvalue weighted by Gasteiger charge is -2.07. The third-order valence-electron chi connectivity index (χ3n) is 1.99. The van der Waals surface area contributed by atoms with Gasteiger partial charge < -0.3 is 0 Å². The number of rotatable bonds is 3. The molecule has 88 valence electrons. The molecule has 16 heavy (non-hydrogen) atoms. The van der Waals surface area contributed by atoms with Crippen molar-refractivity contribution in [3.8, 4) is 0 Å². The summed E-state index contributed by atoms with van der Waals surface area (Å²) in [5, 5.41) is -0.841. The van der Waals surface area contributed by atoms with Gasteiger partial charge in [0.15, 0.2) is 5.29 Å². The summed E-state index contributed by atoms with van der Waals surface area (Å²) >= 11 is 4.96. The summed E-state index contributed by atoms with van der Waals surface area (Å²) in [4.78, 5) is 0. The van der Waals surface area contributed by atoms with Gasteiger partial charge in [-0.15, -0.1) is 0 Å². The van der Waals surface area contributed by atoms with Crippen LogP contribution in [0.25, 0.3) is 0 Å². The minimum atomic E-state index is -4.34. The molecule has 0 bridgehead atoms. The fraction of sp³-hybridized carbons (Fsp3) is 0.273. The second-order valence-electron chi connectivity index (χ2n) is 3.23. The van der Waals surface area contributed by atoms with E-state index in [4.69, 9.17) is 11.6 Å². The van der Waals surface area contributed by atoms with Crippen LogP contribution >= 0.6 is 11.6 Å². The summed E-state index contributed by atoms with van der Waals surface area (Å²) in [6.45, 7) is 0. The molecule has 5 heteroatoms. The molecule has 0 fully saturated rings. The Morgan fingerprint density at radius 2 is 2.00 bits per heavy atom. The van der Waals surface area contributed by atoms with Crippen LogP contribution in [0.15, 0.2) is 35.6 Å². The Hall–Kier alpha value is -1.03. The van der Waals surface area contributed by atoms with E-state index in [-0.39, 0.29) is 6.42 Å². The molecule has 0 aliphatic heterocycles. The van der Waals surface area contributed by atoms with Gasteiger partial charge in [0.05, 0.1) is 5.56 Å². The number of alkyl halides is 3. The molecule has 0 nitrogen and oxygen atoms in total. The van der Waals surface area contributed by atoms with E-state index >= 15 is 0 Å². The molecule has 0 unspecified atom stereocenters. The topological polar surface area (TPSA) is 0 Å². The molecule has 0 atom stereocenters. The van der Waals surface area contributed by atoms with Gasteiger partial charge in [-0.25, -0.2) is 0 Å². The van der Waals surface area contributed by atoms with E-state index in [1.807, 2.05) is 0 Å². The highest BCUT2D eigenvalue weighted by molar-refractivity contribution is 6.28. The van der Waals surface area contributed by atoms with Crippen LogP contribution in [0.1, 0.15) is 17.5 Å². The van der Waals surface area contributed by atoms with Gasteiger partial charge in [-0.1, -0.05) is 29.8 Å². The first-order valence-corrected chi connectivity index (χ1v) is 4.94. The minimum Gasteiger partial charge on any atom is -0.194 e. The second-order valence-corrected chi connectivity index (χ2v) is 3.59. The van der Waals surface area contributed by atoms with Gasteiger partial charge in [-0.3, -0.25) is 0 Å². The van der Waals surface area contributed by atoms with E-state index in [2.05, 4.69) is 0 Å². The maximum atomic E-state index is 12.3. The van der Waals surface area contributed by atoms with Crippen molar-refractivity contribution in [1.29, 1.82) is 0 Å². The molecule has 0 amide bonds. The van der Waals surface area contributed by atoms with Crippen LogP contribution in [0, 0.1) is 0 Å². The molecule has 0 spiro atoms. The van der Waals surface area contributed by atoms with Crippen LogP contribution in [0.2, 0.25) is 0 Å². The maximum Gasteiger partial charge on any atom is 0.416 e. The summed E-state index contributed by atoms with van der Waals surface area (Å²) in [5.41, 5.74) is -0.190. The van der Waals surface area contributed by atoms with Gasteiger partial charge in [-0.2, -0.15) is 17.6 Å². The molecule has 0 aliphatic carbocycles. The van der Waals surface area contributed by atoms with Crippen molar-refractivity contribution in [1.82, 2.24) is 0 Å². The molecular formula is C11H9ClF4. The quantitative estimate of drug-likeness (QED) is 0.685. The maximum absolute atomic E-state index is 12.3. The standard InChI is InChI=1S/C11H9ClF4/c12-10(13)6-2-4-8-3-1-5-9(7-8)11(14,15)16/h1,3,5-7H,2,4H2/b10-6-. The fourth-order valence-electron chi connectivity index (χ4n) is 1.25. The van der Waals surface area contributed by atoms with E-state index in [1.54, 1.807) is 6.07 Å². The molecule has 0 aromatic heterocycles. The zero-order valence-corrected chi connectivity index (χ0v) is 8.95. The average Bonchev–Trinajstić information content (AvgIpc) is 2.16. The number of halogens is 5. The molecule has 0 heterocycles. The van der Waals surface area contributed by atoms with E-state index in [1.165, 1.54) is 6.07 Å². The van der Waals surface area contributed by atoms with E-state index in [0.29, 0.717) is 12.0 Å². The third kappa shape index (κ3) is 4.23. The van der Waals surface area contributed by atoms with Crippen LogP contribution < -0.4 is 0 Å². The molecule has 0 N–H and O–H groups in total. The predicted molar refractivity (Wildman–Crippen MR) is 54.8 cm³/mol. The lowest BCUT2D eigenvalue weighted by Crippen LogP contribution is -2.05. The van der Waals surface area contributed by atoms with Crippen LogP contribution in [0.3, 0.4) is 0 Å². The number of hydrogen-bond donors (Lipinski definition) is 0. The summed E-state index contributed by atoms with van der Waals surface area (Å²) in [6, 6.07) is 4.95. The molecule has 0 saturated carbocycles. The Morgan fingerprint density at radius 1 is 1.31 bits per heavy atom. The second kappa shape index (κ2) is 5.34. The van der Waals surface area contributed by atoms with Crippen LogP contribution in [0.4, 0.5) is 17.6 Å². The van der Waals surface area contributed by atoms with Crippen LogP contribution in [0.5, 0.6) is 0 Å². The molecule has 1 aromatic rings. The van der Waals surface area contributed by atoms with Crippen LogP contribution in [-0.4, -0.2) is 0 Å². The highest BCUT2D eigenvalue weighted by atomic mass is 35.5. The number of benzene rings is 1. The normalized spacial score (nSPS) is 12.9. The van der Waals surface area contributed by atoms with E-state index < -0.39 is 17.0 Å². The van der Waals surface area contributed by atoms with Gasteiger partial charge in [-0.05, 0) is 30.5 Å². The van der Waals surface area contributed by atoms with Crippen molar-refractivity contribution in [3.05, 3.63) is 46.8 Å². The first-order chi connectivity index (χ1) is 7.39. The zero-order valence-electron chi connectivity index (χ0n) is 8.19. The predicted octanol–water partition coefficient (Wildman–Crippen LogP) is 4.69. The Labute approximate surface area is 95.5 Å². The minimum absolute atomic E-state index is 0.274. The van der Waals surface area contributed by atoms with Crippen molar-refractivity contribution in [2.45, 2.75) is 19.0 Å². The van der Waals surface area contributed by atoms with Gasteiger partial charge in [0.1, 0.15) is 0 Å². The summed E-state index contributed by atoms with van der Waals surface area (Å²) < 4.78 is 49.1. The summed E-state index contributed by atoms with van der Waals surface area (Å²) in [5.74, 6) is 0. The van der Waals surface area contributed by atoms with Crippen LogP contribution in [-0.2, 0) is 12.6 Å². The van der Waals surface area contributed by atoms with E-state index in [9.17, 15) is 17.6 Å². The van der Waals surface area contributed by atoms with Crippen molar-refractivity contribution in [2.75, 3.05) is 0 Å². The highest BCUT2D eigenvalue weighted by Crippen LogP contribution is 2.29. The molecular weight excluding hydrogens is 244 g/mol. The summed E-state index contributed by atoms with van der Waals surface area (Å²) in [6.07, 6.45) is -2.62. The van der Waals surface area contributed by atoms with Crippen molar-refractivity contribution >= 4 is 11.6 Å². The van der Waals surface area contributed by atoms with Gasteiger partial charge in [0.25, 0.3) is 0 Å². The lowest BCUT2D eigenvalue weighted by molar-refractivity contribution is -0.137. The van der Waals surface area contributed by atoms with Gasteiger partial charge in [0.2, 0.25) is 0 Å².